The number of thioether (sulfide) groups is 1. The SMILES string of the molecule is COCCSc1nnc(NC(=O)c2ccccc2)s1. The third-order valence-corrected chi connectivity index (χ3v) is 4.11. The molecule has 1 aromatic heterocycles. The fourth-order valence-electron chi connectivity index (χ4n) is 1.29. The number of benzene rings is 1. The van der Waals surface area contributed by atoms with Crippen LogP contribution < -0.4 is 5.32 Å². The number of nitrogens with one attached hydrogen (secondary N) is 1. The van der Waals surface area contributed by atoms with Crippen LogP contribution in [0.5, 0.6) is 0 Å². The van der Waals surface area contributed by atoms with Crippen molar-refractivity contribution in [2.75, 3.05) is 24.8 Å². The van der Waals surface area contributed by atoms with Crippen LogP contribution >= 0.6 is 23.1 Å². The Morgan fingerprint density at radius 3 is 2.89 bits per heavy atom. The number of aromatic nitrogens is 2. The van der Waals surface area contributed by atoms with Gasteiger partial charge in [-0.3, -0.25) is 10.1 Å². The van der Waals surface area contributed by atoms with Crippen molar-refractivity contribution in [3.05, 3.63) is 35.9 Å². The molecule has 1 heterocycles. The van der Waals surface area contributed by atoms with Gasteiger partial charge < -0.3 is 4.74 Å². The Labute approximate surface area is 119 Å². The van der Waals surface area contributed by atoms with Gasteiger partial charge in [0.25, 0.3) is 5.91 Å². The molecule has 1 N–H and O–H groups in total. The summed E-state index contributed by atoms with van der Waals surface area (Å²) in [6, 6.07) is 9.02. The number of carbonyl (C=O) groups is 1. The van der Waals surface area contributed by atoms with E-state index in [0.717, 1.165) is 10.1 Å². The number of hydrogen-bond donors (Lipinski definition) is 1. The van der Waals surface area contributed by atoms with Crippen molar-refractivity contribution in [2.24, 2.45) is 0 Å². The van der Waals surface area contributed by atoms with Crippen LogP contribution in [0.15, 0.2) is 34.7 Å². The highest BCUT2D eigenvalue weighted by Gasteiger charge is 2.09. The van der Waals surface area contributed by atoms with E-state index in [9.17, 15) is 4.79 Å². The number of rotatable bonds is 6. The van der Waals surface area contributed by atoms with Gasteiger partial charge in [0.1, 0.15) is 0 Å². The normalized spacial score (nSPS) is 10.4. The van der Waals surface area contributed by atoms with Crippen LogP contribution in [-0.2, 0) is 4.74 Å². The molecule has 0 aliphatic rings. The van der Waals surface area contributed by atoms with Gasteiger partial charge >= 0.3 is 0 Å². The van der Waals surface area contributed by atoms with E-state index < -0.39 is 0 Å². The molecule has 100 valence electrons. The van der Waals surface area contributed by atoms with Gasteiger partial charge in [0, 0.05) is 18.4 Å². The Kier molecular flexibility index (Phi) is 5.31. The van der Waals surface area contributed by atoms with E-state index in [2.05, 4.69) is 15.5 Å². The first kappa shape index (κ1) is 14.0. The van der Waals surface area contributed by atoms with Crippen LogP contribution in [0.4, 0.5) is 5.13 Å². The van der Waals surface area contributed by atoms with Gasteiger partial charge in [-0.15, -0.1) is 10.2 Å². The maximum absolute atomic E-state index is 11.9. The van der Waals surface area contributed by atoms with Crippen LogP contribution in [0.25, 0.3) is 0 Å². The zero-order valence-electron chi connectivity index (χ0n) is 10.3. The molecule has 0 aliphatic heterocycles. The first-order chi connectivity index (χ1) is 9.29. The predicted octanol–water partition coefficient (Wildman–Crippen LogP) is 2.53. The molecule has 0 saturated heterocycles. The van der Waals surface area contributed by atoms with Crippen molar-refractivity contribution >= 4 is 34.1 Å². The molecule has 2 aromatic rings. The third kappa shape index (κ3) is 4.30. The standard InChI is InChI=1S/C12H13N3O2S2/c1-17-7-8-18-12-15-14-11(19-12)13-10(16)9-5-3-2-4-6-9/h2-6H,7-8H2,1H3,(H,13,14,16). The summed E-state index contributed by atoms with van der Waals surface area (Å²) >= 11 is 2.92. The Morgan fingerprint density at radius 1 is 1.37 bits per heavy atom. The zero-order valence-corrected chi connectivity index (χ0v) is 12.0. The molecular weight excluding hydrogens is 282 g/mol. The van der Waals surface area contributed by atoms with Crippen LogP contribution in [0.1, 0.15) is 10.4 Å². The minimum absolute atomic E-state index is 0.176. The molecule has 1 aromatic carbocycles. The van der Waals surface area contributed by atoms with Crippen LogP contribution in [-0.4, -0.2) is 35.6 Å². The number of hydrogen-bond acceptors (Lipinski definition) is 6. The summed E-state index contributed by atoms with van der Waals surface area (Å²) in [5.74, 6) is 0.641. The lowest BCUT2D eigenvalue weighted by Gasteiger charge is -1.99. The molecule has 2 rings (SSSR count). The fraction of sp³-hybridized carbons (Fsp3) is 0.250. The molecule has 7 heteroatoms. The Bertz CT molecular complexity index is 531. The van der Waals surface area contributed by atoms with Crippen LogP contribution in [0.3, 0.4) is 0 Å². The maximum Gasteiger partial charge on any atom is 0.257 e. The quantitative estimate of drug-likeness (QED) is 0.504. The molecule has 0 unspecified atom stereocenters. The minimum atomic E-state index is -0.176. The smallest absolute Gasteiger partial charge is 0.257 e. The number of methoxy groups -OCH3 is 1. The van der Waals surface area contributed by atoms with E-state index in [1.54, 1.807) is 31.0 Å². The van der Waals surface area contributed by atoms with Gasteiger partial charge in [-0.05, 0) is 12.1 Å². The van der Waals surface area contributed by atoms with E-state index in [4.69, 9.17) is 4.74 Å². The summed E-state index contributed by atoms with van der Waals surface area (Å²) in [5, 5.41) is 11.2. The first-order valence-electron chi connectivity index (χ1n) is 5.61. The molecule has 19 heavy (non-hydrogen) atoms. The van der Waals surface area contributed by atoms with E-state index in [-0.39, 0.29) is 5.91 Å². The summed E-state index contributed by atoms with van der Waals surface area (Å²) < 4.78 is 5.78. The first-order valence-corrected chi connectivity index (χ1v) is 7.41. The van der Waals surface area contributed by atoms with Crippen LogP contribution in [0.2, 0.25) is 0 Å². The largest absolute Gasteiger partial charge is 0.384 e. The fourth-order valence-corrected chi connectivity index (χ4v) is 3.01. The lowest BCUT2D eigenvalue weighted by Crippen LogP contribution is -2.11. The molecule has 0 bridgehead atoms. The van der Waals surface area contributed by atoms with E-state index in [0.29, 0.717) is 17.3 Å². The third-order valence-electron chi connectivity index (χ3n) is 2.18. The summed E-state index contributed by atoms with van der Waals surface area (Å²) in [4.78, 5) is 11.9. The van der Waals surface area contributed by atoms with Crippen molar-refractivity contribution in [1.82, 2.24) is 10.2 Å². The minimum Gasteiger partial charge on any atom is -0.384 e. The molecule has 5 nitrogen and oxygen atoms in total. The Morgan fingerprint density at radius 2 is 2.16 bits per heavy atom. The second kappa shape index (κ2) is 7.22. The molecule has 0 aliphatic carbocycles. The molecule has 0 saturated carbocycles. The summed E-state index contributed by atoms with van der Waals surface area (Å²) in [6.45, 7) is 0.663. The number of carbonyl (C=O) groups excluding carboxylic acids is 1. The molecule has 0 radical (unpaired) electrons. The summed E-state index contributed by atoms with van der Waals surface area (Å²) in [6.07, 6.45) is 0. The average molecular weight is 295 g/mol. The van der Waals surface area contributed by atoms with Gasteiger partial charge in [0.05, 0.1) is 6.61 Å². The molecule has 1 amide bonds. The lowest BCUT2D eigenvalue weighted by molar-refractivity contribution is 0.102. The van der Waals surface area contributed by atoms with E-state index in [1.807, 2.05) is 18.2 Å². The summed E-state index contributed by atoms with van der Waals surface area (Å²) in [5.41, 5.74) is 0.603. The predicted molar refractivity (Wildman–Crippen MR) is 76.9 cm³/mol. The molecule has 0 fully saturated rings. The highest BCUT2D eigenvalue weighted by Crippen LogP contribution is 2.25. The van der Waals surface area contributed by atoms with Gasteiger partial charge in [-0.25, -0.2) is 0 Å². The highest BCUT2D eigenvalue weighted by atomic mass is 32.2. The number of anilines is 1. The van der Waals surface area contributed by atoms with Gasteiger partial charge in [0.15, 0.2) is 4.34 Å². The second-order valence-electron chi connectivity index (χ2n) is 3.53. The van der Waals surface area contributed by atoms with Crippen LogP contribution in [0, 0.1) is 0 Å². The highest BCUT2D eigenvalue weighted by molar-refractivity contribution is 8.01. The summed E-state index contributed by atoms with van der Waals surface area (Å²) in [7, 11) is 1.66. The second-order valence-corrected chi connectivity index (χ2v) is 5.85. The van der Waals surface area contributed by atoms with Crippen molar-refractivity contribution in [1.29, 1.82) is 0 Å². The number of amides is 1. The van der Waals surface area contributed by atoms with Crippen molar-refractivity contribution in [3.8, 4) is 0 Å². The monoisotopic (exact) mass is 295 g/mol. The molecule has 0 spiro atoms. The zero-order chi connectivity index (χ0) is 13.5. The molecule has 0 atom stereocenters. The van der Waals surface area contributed by atoms with Crippen molar-refractivity contribution < 1.29 is 9.53 Å². The Balaban J connectivity index is 1.91. The Hall–Kier alpha value is -1.44. The maximum atomic E-state index is 11.9. The average Bonchev–Trinajstić information content (AvgIpc) is 2.88. The van der Waals surface area contributed by atoms with E-state index in [1.165, 1.54) is 11.3 Å². The van der Waals surface area contributed by atoms with E-state index >= 15 is 0 Å². The molecular formula is C12H13N3O2S2. The van der Waals surface area contributed by atoms with Crippen molar-refractivity contribution in [3.63, 3.8) is 0 Å². The van der Waals surface area contributed by atoms with Gasteiger partial charge in [-0.1, -0.05) is 41.3 Å². The van der Waals surface area contributed by atoms with Crippen molar-refractivity contribution in [2.45, 2.75) is 4.34 Å². The van der Waals surface area contributed by atoms with Gasteiger partial charge in [0.2, 0.25) is 5.13 Å². The number of ether oxygens (including phenoxy) is 1. The van der Waals surface area contributed by atoms with Gasteiger partial charge in [-0.2, -0.15) is 0 Å². The number of nitrogens with zero attached hydrogens (tertiary/aromatic N) is 2. The lowest BCUT2D eigenvalue weighted by atomic mass is 10.2. The topological polar surface area (TPSA) is 64.1 Å².